The van der Waals surface area contributed by atoms with E-state index in [4.69, 9.17) is 4.74 Å². The first kappa shape index (κ1) is 15.2. The van der Waals surface area contributed by atoms with Crippen LogP contribution in [0.2, 0.25) is 0 Å². The third kappa shape index (κ3) is 2.97. The Balaban J connectivity index is 2.10. The lowest BCUT2D eigenvalue weighted by Crippen LogP contribution is -2.48. The average Bonchev–Trinajstić information content (AvgIpc) is 2.85. The van der Waals surface area contributed by atoms with E-state index in [1.165, 1.54) is 12.1 Å². The first-order chi connectivity index (χ1) is 9.88. The number of hydrogen-bond donors (Lipinski definition) is 2. The molecule has 1 fully saturated rings. The van der Waals surface area contributed by atoms with Crippen LogP contribution >= 0.6 is 0 Å². The van der Waals surface area contributed by atoms with E-state index < -0.39 is 16.4 Å². The second-order valence-electron chi connectivity index (χ2n) is 5.33. The van der Waals surface area contributed by atoms with Crippen LogP contribution in [0.3, 0.4) is 0 Å². The zero-order chi connectivity index (χ0) is 15.6. The maximum atomic E-state index is 11.3. The van der Waals surface area contributed by atoms with E-state index in [0.717, 1.165) is 0 Å². The maximum Gasteiger partial charge on any atom is 0.324 e. The Morgan fingerprint density at radius 1 is 1.57 bits per heavy atom. The zero-order valence-electron chi connectivity index (χ0n) is 12.0. The molecule has 1 saturated carbocycles. The van der Waals surface area contributed by atoms with Gasteiger partial charge >= 0.3 is 5.97 Å². The molecule has 1 aliphatic rings. The van der Waals surface area contributed by atoms with E-state index in [1.807, 2.05) is 0 Å². The van der Waals surface area contributed by atoms with Crippen LogP contribution in [0.15, 0.2) is 18.2 Å². The summed E-state index contributed by atoms with van der Waals surface area (Å²) in [4.78, 5) is 21.6. The van der Waals surface area contributed by atoms with Gasteiger partial charge in [0.2, 0.25) is 0 Å². The van der Waals surface area contributed by atoms with E-state index in [0.29, 0.717) is 30.6 Å². The minimum Gasteiger partial charge on any atom is -0.490 e. The second-order valence-corrected chi connectivity index (χ2v) is 5.33. The summed E-state index contributed by atoms with van der Waals surface area (Å²) < 4.78 is 5.82. The molecule has 0 heterocycles. The molecule has 2 atom stereocenters. The van der Waals surface area contributed by atoms with Gasteiger partial charge in [-0.2, -0.15) is 0 Å². The third-order valence-corrected chi connectivity index (χ3v) is 4.02. The predicted molar refractivity (Wildman–Crippen MR) is 75.5 cm³/mol. The summed E-state index contributed by atoms with van der Waals surface area (Å²) in [6, 6.07) is 4.40. The Bertz CT molecular complexity index is 574. The smallest absolute Gasteiger partial charge is 0.324 e. The molecule has 0 saturated heterocycles. The van der Waals surface area contributed by atoms with Crippen molar-refractivity contribution in [1.82, 2.24) is 5.32 Å². The van der Waals surface area contributed by atoms with E-state index in [-0.39, 0.29) is 11.8 Å². The molecule has 0 radical (unpaired) electrons. The number of carboxylic acid groups (broad SMARTS) is 1. The van der Waals surface area contributed by atoms with Crippen molar-refractivity contribution in [2.75, 3.05) is 7.05 Å². The summed E-state index contributed by atoms with van der Waals surface area (Å²) >= 11 is 0. The van der Waals surface area contributed by atoms with E-state index in [1.54, 1.807) is 20.0 Å². The molecule has 0 spiro atoms. The molecule has 1 aromatic carbocycles. The average molecular weight is 294 g/mol. The summed E-state index contributed by atoms with van der Waals surface area (Å²) in [5.74, 6) is -0.320. The number of carbonyl (C=O) groups is 1. The molecule has 2 unspecified atom stereocenters. The topological polar surface area (TPSA) is 102 Å². The highest BCUT2D eigenvalue weighted by molar-refractivity contribution is 5.79. The summed E-state index contributed by atoms with van der Waals surface area (Å²) in [5, 5.41) is 22.9. The van der Waals surface area contributed by atoms with Crippen LogP contribution in [-0.4, -0.2) is 34.7 Å². The van der Waals surface area contributed by atoms with Crippen molar-refractivity contribution >= 4 is 11.7 Å². The van der Waals surface area contributed by atoms with Gasteiger partial charge in [-0.05, 0) is 38.4 Å². The number of hydrogen-bond acceptors (Lipinski definition) is 5. The van der Waals surface area contributed by atoms with Gasteiger partial charge in [-0.15, -0.1) is 0 Å². The van der Waals surface area contributed by atoms with Gasteiger partial charge in [0.1, 0.15) is 17.4 Å². The molecule has 1 aromatic rings. The Morgan fingerprint density at radius 3 is 2.76 bits per heavy atom. The quantitative estimate of drug-likeness (QED) is 0.635. The molecule has 7 nitrogen and oxygen atoms in total. The fraction of sp³-hybridized carbons (Fsp3) is 0.500. The van der Waals surface area contributed by atoms with Gasteiger partial charge in [-0.1, -0.05) is 0 Å². The number of ether oxygens (including phenoxy) is 1. The molecule has 0 amide bonds. The minimum atomic E-state index is -0.945. The number of aryl methyl sites for hydroxylation is 1. The number of nitro groups is 1. The first-order valence-electron chi connectivity index (χ1n) is 6.72. The number of carboxylic acids is 1. The third-order valence-electron chi connectivity index (χ3n) is 4.02. The number of nitrogens with one attached hydrogen (secondary N) is 1. The molecule has 0 bridgehead atoms. The first-order valence-corrected chi connectivity index (χ1v) is 6.72. The molecular weight excluding hydrogens is 276 g/mol. The minimum absolute atomic E-state index is 0.0152. The SMILES string of the molecule is CNC1(C(=O)O)CCC(Oc2ccc([N+](=O)[O-])cc2C)C1. The molecule has 21 heavy (non-hydrogen) atoms. The highest BCUT2D eigenvalue weighted by atomic mass is 16.6. The van der Waals surface area contributed by atoms with Crippen molar-refractivity contribution < 1.29 is 19.6 Å². The molecule has 0 aromatic heterocycles. The fourth-order valence-corrected chi connectivity index (χ4v) is 2.69. The molecule has 2 rings (SSSR count). The summed E-state index contributed by atoms with van der Waals surface area (Å²) in [7, 11) is 1.63. The molecule has 7 heteroatoms. The molecule has 2 N–H and O–H groups in total. The molecule has 0 aliphatic heterocycles. The lowest BCUT2D eigenvalue weighted by molar-refractivity contribution is -0.384. The van der Waals surface area contributed by atoms with Crippen LogP contribution in [0.1, 0.15) is 24.8 Å². The fourth-order valence-electron chi connectivity index (χ4n) is 2.69. The predicted octanol–water partition coefficient (Wildman–Crippen LogP) is 1.88. The second kappa shape index (κ2) is 5.69. The van der Waals surface area contributed by atoms with E-state index in [2.05, 4.69) is 5.32 Å². The number of non-ortho nitro benzene ring substituents is 1. The normalized spacial score (nSPS) is 24.8. The summed E-state index contributed by atoms with van der Waals surface area (Å²) in [6.45, 7) is 1.74. The number of nitrogens with zero attached hydrogens (tertiary/aromatic N) is 1. The lowest BCUT2D eigenvalue weighted by atomic mass is 9.98. The van der Waals surface area contributed by atoms with Crippen molar-refractivity contribution in [2.24, 2.45) is 0 Å². The number of benzene rings is 1. The van der Waals surface area contributed by atoms with Gasteiger partial charge in [0, 0.05) is 18.6 Å². The van der Waals surface area contributed by atoms with Gasteiger partial charge in [-0.3, -0.25) is 14.9 Å². The van der Waals surface area contributed by atoms with Crippen molar-refractivity contribution in [3.63, 3.8) is 0 Å². The summed E-state index contributed by atoms with van der Waals surface area (Å²) in [6.07, 6.45) is 1.28. The van der Waals surface area contributed by atoms with Gasteiger partial charge in [0.25, 0.3) is 5.69 Å². The highest BCUT2D eigenvalue weighted by Crippen LogP contribution is 2.34. The molecule has 1 aliphatic carbocycles. The lowest BCUT2D eigenvalue weighted by Gasteiger charge is -2.23. The maximum absolute atomic E-state index is 11.3. The van der Waals surface area contributed by atoms with Crippen LogP contribution in [0.5, 0.6) is 5.75 Å². The van der Waals surface area contributed by atoms with Crippen molar-refractivity contribution in [3.8, 4) is 5.75 Å². The van der Waals surface area contributed by atoms with E-state index >= 15 is 0 Å². The molecule has 114 valence electrons. The van der Waals surface area contributed by atoms with Crippen LogP contribution < -0.4 is 10.1 Å². The number of nitro benzene ring substituents is 1. The van der Waals surface area contributed by atoms with Crippen LogP contribution in [0, 0.1) is 17.0 Å². The van der Waals surface area contributed by atoms with Gasteiger partial charge < -0.3 is 15.2 Å². The standard InChI is InChI=1S/C14H18N2O5/c1-9-7-10(16(19)20)3-4-12(9)21-11-5-6-14(8-11,15-2)13(17)18/h3-4,7,11,15H,5-6,8H2,1-2H3,(H,17,18). The number of likely N-dealkylation sites (N-methyl/N-ethyl adjacent to an activating group) is 1. The van der Waals surface area contributed by atoms with Crippen LogP contribution in [0.4, 0.5) is 5.69 Å². The number of rotatable bonds is 5. The Hall–Kier alpha value is -2.15. The Labute approximate surface area is 122 Å². The van der Waals surface area contributed by atoms with Crippen molar-refractivity contribution in [2.45, 2.75) is 37.8 Å². The van der Waals surface area contributed by atoms with Crippen molar-refractivity contribution in [3.05, 3.63) is 33.9 Å². The highest BCUT2D eigenvalue weighted by Gasteiger charge is 2.45. The Kier molecular flexibility index (Phi) is 4.13. The van der Waals surface area contributed by atoms with E-state index in [9.17, 15) is 20.0 Å². The monoisotopic (exact) mass is 294 g/mol. The largest absolute Gasteiger partial charge is 0.490 e. The van der Waals surface area contributed by atoms with Gasteiger partial charge in [0.15, 0.2) is 0 Å². The Morgan fingerprint density at radius 2 is 2.29 bits per heavy atom. The zero-order valence-corrected chi connectivity index (χ0v) is 12.0. The van der Waals surface area contributed by atoms with Crippen molar-refractivity contribution in [1.29, 1.82) is 0 Å². The molecular formula is C14H18N2O5. The van der Waals surface area contributed by atoms with Crippen LogP contribution in [-0.2, 0) is 4.79 Å². The van der Waals surface area contributed by atoms with Crippen LogP contribution in [0.25, 0.3) is 0 Å². The van der Waals surface area contributed by atoms with Gasteiger partial charge in [0.05, 0.1) is 4.92 Å². The van der Waals surface area contributed by atoms with Gasteiger partial charge in [-0.25, -0.2) is 0 Å². The number of aliphatic carboxylic acids is 1. The summed E-state index contributed by atoms with van der Waals surface area (Å²) in [5.41, 5.74) is -0.262.